The quantitative estimate of drug-likeness (QED) is 0.825. The van der Waals surface area contributed by atoms with Crippen molar-refractivity contribution < 1.29 is 9.53 Å². The second kappa shape index (κ2) is 7.19. The smallest absolute Gasteiger partial charge is 0.272 e. The molecule has 20 heavy (non-hydrogen) atoms. The number of nitrogens with zero attached hydrogens (tertiary/aromatic N) is 3. The van der Waals surface area contributed by atoms with E-state index in [0.717, 1.165) is 25.9 Å². The first-order valence-electron chi connectivity index (χ1n) is 7.05. The summed E-state index contributed by atoms with van der Waals surface area (Å²) < 4.78 is 4.97. The molecule has 1 amide bonds. The Kier molecular flexibility index (Phi) is 5.29. The Balaban J connectivity index is 1.97. The van der Waals surface area contributed by atoms with E-state index in [1.807, 2.05) is 4.90 Å². The number of nitrogens with one attached hydrogen (secondary N) is 1. The van der Waals surface area contributed by atoms with E-state index in [0.29, 0.717) is 30.6 Å². The van der Waals surface area contributed by atoms with Crippen LogP contribution in [0.25, 0.3) is 0 Å². The first kappa shape index (κ1) is 14.7. The Morgan fingerprint density at radius 3 is 2.90 bits per heavy atom. The molecule has 1 saturated heterocycles. The molecule has 1 N–H and O–H groups in total. The molecule has 1 aromatic heterocycles. The number of amides is 1. The lowest BCUT2D eigenvalue weighted by atomic mass is 9.99. The van der Waals surface area contributed by atoms with Crippen LogP contribution in [0.1, 0.15) is 30.3 Å². The lowest BCUT2D eigenvalue weighted by molar-refractivity contribution is 0.0691. The predicted molar refractivity (Wildman–Crippen MR) is 76.7 cm³/mol. The molecule has 2 rings (SSSR count). The van der Waals surface area contributed by atoms with Crippen molar-refractivity contribution in [3.05, 3.63) is 18.1 Å². The molecule has 1 aromatic rings. The van der Waals surface area contributed by atoms with Crippen LogP contribution in [0.2, 0.25) is 0 Å². The maximum atomic E-state index is 12.4. The lowest BCUT2D eigenvalue weighted by Gasteiger charge is -2.30. The predicted octanol–water partition coefficient (Wildman–Crippen LogP) is 1.41. The fraction of sp³-hybridized carbons (Fsp3) is 0.643. The molecule has 6 nitrogen and oxygen atoms in total. The van der Waals surface area contributed by atoms with E-state index in [-0.39, 0.29) is 5.91 Å². The van der Waals surface area contributed by atoms with Crippen LogP contribution in [0.15, 0.2) is 12.4 Å². The number of ether oxygens (including phenoxy) is 1. The van der Waals surface area contributed by atoms with Crippen molar-refractivity contribution in [2.24, 2.45) is 5.92 Å². The Hall–Kier alpha value is -1.69. The van der Waals surface area contributed by atoms with Crippen LogP contribution in [0, 0.1) is 5.92 Å². The number of rotatable bonds is 5. The summed E-state index contributed by atoms with van der Waals surface area (Å²) in [4.78, 5) is 22.4. The SMILES string of the molecule is COCCNc1cc(C(=O)N2CCC(C)CC2)ncn1. The van der Waals surface area contributed by atoms with Crippen LogP contribution < -0.4 is 5.32 Å². The van der Waals surface area contributed by atoms with Gasteiger partial charge in [-0.2, -0.15) is 0 Å². The van der Waals surface area contributed by atoms with Gasteiger partial charge in [-0.05, 0) is 18.8 Å². The minimum Gasteiger partial charge on any atom is -0.383 e. The van der Waals surface area contributed by atoms with Gasteiger partial charge in [0.25, 0.3) is 5.91 Å². The van der Waals surface area contributed by atoms with Crippen LogP contribution >= 0.6 is 0 Å². The van der Waals surface area contributed by atoms with Crippen molar-refractivity contribution in [3.63, 3.8) is 0 Å². The molecule has 0 bridgehead atoms. The van der Waals surface area contributed by atoms with Crippen molar-refractivity contribution in [1.82, 2.24) is 14.9 Å². The van der Waals surface area contributed by atoms with E-state index in [9.17, 15) is 4.79 Å². The van der Waals surface area contributed by atoms with E-state index in [1.54, 1.807) is 13.2 Å². The van der Waals surface area contributed by atoms with Gasteiger partial charge in [-0.1, -0.05) is 6.92 Å². The zero-order chi connectivity index (χ0) is 14.4. The van der Waals surface area contributed by atoms with Crippen molar-refractivity contribution in [1.29, 1.82) is 0 Å². The molecule has 0 aliphatic carbocycles. The zero-order valence-electron chi connectivity index (χ0n) is 12.1. The number of carbonyl (C=O) groups excluding carboxylic acids is 1. The molecule has 0 saturated carbocycles. The number of aromatic nitrogens is 2. The van der Waals surface area contributed by atoms with Crippen LogP contribution in [0.5, 0.6) is 0 Å². The molecule has 1 fully saturated rings. The van der Waals surface area contributed by atoms with Gasteiger partial charge in [0, 0.05) is 32.8 Å². The zero-order valence-corrected chi connectivity index (χ0v) is 12.1. The standard InChI is InChI=1S/C14H22N4O2/c1-11-3-6-18(7-4-11)14(19)12-9-13(17-10-16-12)15-5-8-20-2/h9-11H,3-8H2,1-2H3,(H,15,16,17). The van der Waals surface area contributed by atoms with Gasteiger partial charge in [0.2, 0.25) is 0 Å². The van der Waals surface area contributed by atoms with Gasteiger partial charge in [0.1, 0.15) is 17.8 Å². The molecule has 2 heterocycles. The third kappa shape index (κ3) is 3.90. The lowest BCUT2D eigenvalue weighted by Crippen LogP contribution is -2.38. The summed E-state index contributed by atoms with van der Waals surface area (Å²) in [6.07, 6.45) is 3.56. The maximum absolute atomic E-state index is 12.4. The molecule has 0 radical (unpaired) electrons. The third-order valence-electron chi connectivity index (χ3n) is 3.57. The topological polar surface area (TPSA) is 67.3 Å². The third-order valence-corrected chi connectivity index (χ3v) is 3.57. The van der Waals surface area contributed by atoms with Crippen LogP contribution in [0.3, 0.4) is 0 Å². The number of hydrogen-bond acceptors (Lipinski definition) is 5. The van der Waals surface area contributed by atoms with E-state index in [4.69, 9.17) is 4.74 Å². The molecule has 1 aliphatic heterocycles. The summed E-state index contributed by atoms with van der Waals surface area (Å²) in [5.74, 6) is 1.36. The summed E-state index contributed by atoms with van der Waals surface area (Å²) in [6.45, 7) is 5.11. The van der Waals surface area contributed by atoms with Crippen LogP contribution in [0.4, 0.5) is 5.82 Å². The molecular weight excluding hydrogens is 256 g/mol. The highest BCUT2D eigenvalue weighted by Gasteiger charge is 2.22. The second-order valence-electron chi connectivity index (χ2n) is 5.18. The van der Waals surface area contributed by atoms with Gasteiger partial charge in [-0.25, -0.2) is 9.97 Å². The average molecular weight is 278 g/mol. The van der Waals surface area contributed by atoms with Gasteiger partial charge in [-0.3, -0.25) is 4.79 Å². The Labute approximate surface area is 119 Å². The van der Waals surface area contributed by atoms with E-state index in [1.165, 1.54) is 6.33 Å². The normalized spacial score (nSPS) is 16.2. The highest BCUT2D eigenvalue weighted by atomic mass is 16.5. The Morgan fingerprint density at radius 1 is 1.45 bits per heavy atom. The first-order valence-corrected chi connectivity index (χ1v) is 7.05. The Bertz CT molecular complexity index is 445. The summed E-state index contributed by atoms with van der Waals surface area (Å²) >= 11 is 0. The summed E-state index contributed by atoms with van der Waals surface area (Å²) in [5, 5.41) is 3.10. The van der Waals surface area contributed by atoms with Crippen molar-refractivity contribution in [3.8, 4) is 0 Å². The number of likely N-dealkylation sites (tertiary alicyclic amines) is 1. The monoisotopic (exact) mass is 278 g/mol. The van der Waals surface area contributed by atoms with Gasteiger partial charge in [0.05, 0.1) is 6.61 Å². The van der Waals surface area contributed by atoms with Crippen molar-refractivity contribution in [2.75, 3.05) is 38.7 Å². The minimum absolute atomic E-state index is 0.00547. The number of piperidine rings is 1. The highest BCUT2D eigenvalue weighted by molar-refractivity contribution is 5.92. The number of methoxy groups -OCH3 is 1. The molecule has 0 spiro atoms. The van der Waals surface area contributed by atoms with E-state index >= 15 is 0 Å². The highest BCUT2D eigenvalue weighted by Crippen LogP contribution is 2.18. The first-order chi connectivity index (χ1) is 9.70. The van der Waals surface area contributed by atoms with E-state index < -0.39 is 0 Å². The largest absolute Gasteiger partial charge is 0.383 e. The fourth-order valence-corrected chi connectivity index (χ4v) is 2.23. The fourth-order valence-electron chi connectivity index (χ4n) is 2.23. The maximum Gasteiger partial charge on any atom is 0.272 e. The average Bonchev–Trinajstić information content (AvgIpc) is 2.48. The van der Waals surface area contributed by atoms with Gasteiger partial charge in [0.15, 0.2) is 0 Å². The molecular formula is C14H22N4O2. The van der Waals surface area contributed by atoms with Gasteiger partial charge >= 0.3 is 0 Å². The minimum atomic E-state index is -0.00547. The molecule has 0 atom stereocenters. The molecule has 0 unspecified atom stereocenters. The summed E-state index contributed by atoms with van der Waals surface area (Å²) in [7, 11) is 1.65. The molecule has 110 valence electrons. The number of anilines is 1. The Morgan fingerprint density at radius 2 is 2.20 bits per heavy atom. The summed E-state index contributed by atoms with van der Waals surface area (Å²) in [6, 6.07) is 1.70. The number of hydrogen-bond donors (Lipinski definition) is 1. The van der Waals surface area contributed by atoms with Crippen molar-refractivity contribution >= 4 is 11.7 Å². The van der Waals surface area contributed by atoms with Gasteiger partial charge in [-0.15, -0.1) is 0 Å². The molecule has 1 aliphatic rings. The number of carbonyl (C=O) groups is 1. The molecule has 6 heteroatoms. The summed E-state index contributed by atoms with van der Waals surface area (Å²) in [5.41, 5.74) is 0.453. The van der Waals surface area contributed by atoms with Gasteiger partial charge < -0.3 is 15.0 Å². The van der Waals surface area contributed by atoms with E-state index in [2.05, 4.69) is 22.2 Å². The van der Waals surface area contributed by atoms with Crippen molar-refractivity contribution in [2.45, 2.75) is 19.8 Å². The second-order valence-corrected chi connectivity index (χ2v) is 5.18. The van der Waals surface area contributed by atoms with Crippen LogP contribution in [-0.2, 0) is 4.74 Å². The molecule has 0 aromatic carbocycles. The van der Waals surface area contributed by atoms with Crippen LogP contribution in [-0.4, -0.2) is 54.1 Å².